The van der Waals surface area contributed by atoms with E-state index in [4.69, 9.17) is 4.74 Å². The van der Waals surface area contributed by atoms with Crippen LogP contribution < -0.4 is 9.64 Å². The van der Waals surface area contributed by atoms with Gasteiger partial charge in [0.15, 0.2) is 0 Å². The molecule has 0 radical (unpaired) electrons. The average Bonchev–Trinajstić information content (AvgIpc) is 3.00. The molecule has 0 aromatic heterocycles. The predicted molar refractivity (Wildman–Crippen MR) is 113 cm³/mol. The number of hydrogen-bond donors (Lipinski definition) is 0. The molecule has 0 atom stereocenters. The van der Waals surface area contributed by atoms with Crippen molar-refractivity contribution in [2.45, 2.75) is 26.7 Å². The van der Waals surface area contributed by atoms with E-state index in [2.05, 4.69) is 6.92 Å². The van der Waals surface area contributed by atoms with Crippen molar-refractivity contribution in [3.63, 3.8) is 0 Å². The SMILES string of the molecule is CCOc1ccc(C2=C(N3CCC(C)CC3)C(=O)N(c3ccccc3F)C2=O)cc1. The normalized spacial score (nSPS) is 17.8. The summed E-state index contributed by atoms with van der Waals surface area (Å²) in [4.78, 5) is 29.8. The van der Waals surface area contributed by atoms with E-state index in [9.17, 15) is 14.0 Å². The Bertz CT molecular complexity index is 992. The molecule has 2 amide bonds. The zero-order valence-corrected chi connectivity index (χ0v) is 17.2. The fourth-order valence-electron chi connectivity index (χ4n) is 4.04. The maximum absolute atomic E-state index is 14.5. The van der Waals surface area contributed by atoms with Crippen molar-refractivity contribution in [1.29, 1.82) is 0 Å². The molecule has 0 saturated carbocycles. The van der Waals surface area contributed by atoms with Crippen molar-refractivity contribution in [3.8, 4) is 5.75 Å². The summed E-state index contributed by atoms with van der Waals surface area (Å²) in [5, 5.41) is 0. The number of halogens is 1. The summed E-state index contributed by atoms with van der Waals surface area (Å²) < 4.78 is 20.0. The average molecular weight is 408 g/mol. The lowest BCUT2D eigenvalue weighted by molar-refractivity contribution is -0.120. The van der Waals surface area contributed by atoms with Gasteiger partial charge in [0.1, 0.15) is 17.3 Å². The van der Waals surface area contributed by atoms with Gasteiger partial charge >= 0.3 is 0 Å². The lowest BCUT2D eigenvalue weighted by atomic mass is 9.97. The Hall–Kier alpha value is -3.15. The zero-order valence-electron chi connectivity index (χ0n) is 17.2. The number of benzene rings is 2. The number of anilines is 1. The minimum atomic E-state index is -0.598. The van der Waals surface area contributed by atoms with Crippen LogP contribution >= 0.6 is 0 Å². The van der Waals surface area contributed by atoms with Gasteiger partial charge in [-0.1, -0.05) is 31.2 Å². The Labute approximate surface area is 175 Å². The van der Waals surface area contributed by atoms with Gasteiger partial charge in [0, 0.05) is 13.1 Å². The van der Waals surface area contributed by atoms with Crippen molar-refractivity contribution in [1.82, 2.24) is 4.90 Å². The largest absolute Gasteiger partial charge is 0.494 e. The first-order chi connectivity index (χ1) is 14.5. The summed E-state index contributed by atoms with van der Waals surface area (Å²) in [6.07, 6.45) is 1.89. The molecular formula is C24H25FN2O3. The predicted octanol–water partition coefficient (Wildman–Crippen LogP) is 4.24. The van der Waals surface area contributed by atoms with Crippen LogP contribution in [-0.2, 0) is 9.59 Å². The third kappa shape index (κ3) is 3.58. The van der Waals surface area contributed by atoms with E-state index >= 15 is 0 Å². The van der Waals surface area contributed by atoms with Gasteiger partial charge in [0.05, 0.1) is 17.9 Å². The van der Waals surface area contributed by atoms with E-state index in [-0.39, 0.29) is 5.69 Å². The Morgan fingerprint density at radius 3 is 2.30 bits per heavy atom. The van der Waals surface area contributed by atoms with Gasteiger partial charge in [0.25, 0.3) is 11.8 Å². The van der Waals surface area contributed by atoms with Crippen LogP contribution in [0.2, 0.25) is 0 Å². The van der Waals surface area contributed by atoms with E-state index in [0.717, 1.165) is 17.7 Å². The third-order valence-electron chi connectivity index (χ3n) is 5.71. The minimum absolute atomic E-state index is 0.0173. The number of amides is 2. The zero-order chi connectivity index (χ0) is 21.3. The molecule has 0 spiro atoms. The van der Waals surface area contributed by atoms with E-state index in [1.54, 1.807) is 30.3 Å². The molecular weight excluding hydrogens is 383 g/mol. The van der Waals surface area contributed by atoms with E-state index in [1.165, 1.54) is 18.2 Å². The van der Waals surface area contributed by atoms with Crippen LogP contribution in [0.25, 0.3) is 5.57 Å². The fraction of sp³-hybridized carbons (Fsp3) is 0.333. The topological polar surface area (TPSA) is 49.9 Å². The molecule has 2 aliphatic rings. The van der Waals surface area contributed by atoms with Crippen molar-refractivity contribution in [2.24, 2.45) is 5.92 Å². The molecule has 0 N–H and O–H groups in total. The summed E-state index contributed by atoms with van der Waals surface area (Å²) in [6, 6.07) is 13.0. The van der Waals surface area contributed by atoms with E-state index in [1.807, 2.05) is 11.8 Å². The molecule has 2 aliphatic heterocycles. The van der Waals surface area contributed by atoms with Crippen LogP contribution in [0.1, 0.15) is 32.3 Å². The van der Waals surface area contributed by atoms with Crippen molar-refractivity contribution >= 4 is 23.1 Å². The van der Waals surface area contributed by atoms with Crippen LogP contribution in [0.4, 0.5) is 10.1 Å². The molecule has 30 heavy (non-hydrogen) atoms. The maximum atomic E-state index is 14.5. The highest BCUT2D eigenvalue weighted by molar-refractivity contribution is 6.45. The molecule has 2 heterocycles. The summed E-state index contributed by atoms with van der Waals surface area (Å²) in [7, 11) is 0. The highest BCUT2D eigenvalue weighted by Gasteiger charge is 2.43. The quantitative estimate of drug-likeness (QED) is 0.695. The molecule has 0 unspecified atom stereocenters. The molecule has 2 aromatic carbocycles. The van der Waals surface area contributed by atoms with E-state index < -0.39 is 17.6 Å². The summed E-state index contributed by atoms with van der Waals surface area (Å²) in [5.41, 5.74) is 1.29. The first-order valence-electron chi connectivity index (χ1n) is 10.4. The highest BCUT2D eigenvalue weighted by atomic mass is 19.1. The lowest BCUT2D eigenvalue weighted by Gasteiger charge is -2.32. The molecule has 2 aromatic rings. The molecule has 6 heteroatoms. The Kier molecular flexibility index (Phi) is 5.57. The van der Waals surface area contributed by atoms with Crippen LogP contribution in [0.3, 0.4) is 0 Å². The minimum Gasteiger partial charge on any atom is -0.494 e. The molecule has 5 nitrogen and oxygen atoms in total. The van der Waals surface area contributed by atoms with Crippen LogP contribution in [0.5, 0.6) is 5.75 Å². The monoisotopic (exact) mass is 408 g/mol. The smallest absolute Gasteiger partial charge is 0.282 e. The van der Waals surface area contributed by atoms with Gasteiger partial charge < -0.3 is 9.64 Å². The van der Waals surface area contributed by atoms with Gasteiger partial charge in [0.2, 0.25) is 0 Å². The van der Waals surface area contributed by atoms with Crippen LogP contribution in [-0.4, -0.2) is 36.4 Å². The molecule has 1 saturated heterocycles. The van der Waals surface area contributed by atoms with E-state index in [0.29, 0.717) is 48.2 Å². The maximum Gasteiger partial charge on any atom is 0.282 e. The van der Waals surface area contributed by atoms with Gasteiger partial charge in [-0.25, -0.2) is 9.29 Å². The molecule has 0 aliphatic carbocycles. The number of piperidine rings is 1. The van der Waals surface area contributed by atoms with Crippen LogP contribution in [0, 0.1) is 11.7 Å². The van der Waals surface area contributed by atoms with Crippen molar-refractivity contribution < 1.29 is 18.7 Å². The lowest BCUT2D eigenvalue weighted by Crippen LogP contribution is -2.38. The number of carbonyl (C=O) groups excluding carboxylic acids is 2. The number of para-hydroxylation sites is 1. The number of imide groups is 1. The second-order valence-electron chi connectivity index (χ2n) is 7.75. The number of nitrogens with zero attached hydrogens (tertiary/aromatic N) is 2. The first-order valence-corrected chi connectivity index (χ1v) is 10.4. The third-order valence-corrected chi connectivity index (χ3v) is 5.71. The fourth-order valence-corrected chi connectivity index (χ4v) is 4.04. The molecule has 156 valence electrons. The van der Waals surface area contributed by atoms with Gasteiger partial charge in [-0.05, 0) is 55.5 Å². The summed E-state index contributed by atoms with van der Waals surface area (Å²) >= 11 is 0. The van der Waals surface area contributed by atoms with Gasteiger partial charge in [-0.3, -0.25) is 9.59 Å². The standard InChI is InChI=1S/C24H25FN2O3/c1-3-30-18-10-8-17(9-11-18)21-22(26-14-12-16(2)13-15-26)24(29)27(23(21)28)20-7-5-4-6-19(20)25/h4-11,16H,3,12-15H2,1-2H3. The Balaban J connectivity index is 1.79. The van der Waals surface area contributed by atoms with Crippen molar-refractivity contribution in [2.75, 3.05) is 24.6 Å². The Morgan fingerprint density at radius 1 is 1.00 bits per heavy atom. The number of rotatable bonds is 5. The Morgan fingerprint density at radius 2 is 1.67 bits per heavy atom. The van der Waals surface area contributed by atoms with Crippen molar-refractivity contribution in [3.05, 3.63) is 65.6 Å². The van der Waals surface area contributed by atoms with Gasteiger partial charge in [-0.15, -0.1) is 0 Å². The molecule has 0 bridgehead atoms. The van der Waals surface area contributed by atoms with Gasteiger partial charge in [-0.2, -0.15) is 0 Å². The number of ether oxygens (including phenoxy) is 1. The number of likely N-dealkylation sites (tertiary alicyclic amines) is 1. The second kappa shape index (κ2) is 8.30. The first kappa shape index (κ1) is 20.1. The number of hydrogen-bond acceptors (Lipinski definition) is 4. The van der Waals surface area contributed by atoms with Crippen LogP contribution in [0.15, 0.2) is 54.2 Å². The summed E-state index contributed by atoms with van der Waals surface area (Å²) in [5.74, 6) is -0.297. The highest BCUT2D eigenvalue weighted by Crippen LogP contribution is 2.37. The molecule has 4 rings (SSSR count). The summed E-state index contributed by atoms with van der Waals surface area (Å²) in [6.45, 7) is 6.02. The molecule has 1 fully saturated rings. The number of carbonyl (C=O) groups is 2. The second-order valence-corrected chi connectivity index (χ2v) is 7.75.